The maximum absolute atomic E-state index is 11.1. The molecule has 3 atom stereocenters. The first-order chi connectivity index (χ1) is 6.52. The molecule has 1 heterocycles. The van der Waals surface area contributed by atoms with E-state index >= 15 is 0 Å². The van der Waals surface area contributed by atoms with Crippen molar-refractivity contribution in [3.8, 4) is 0 Å². The lowest BCUT2D eigenvalue weighted by Gasteiger charge is -2.17. The Bertz CT molecular complexity index is 249. The number of rotatable bonds is 4. The van der Waals surface area contributed by atoms with Crippen molar-refractivity contribution in [2.75, 3.05) is 6.54 Å². The van der Waals surface area contributed by atoms with Crippen LogP contribution in [-0.4, -0.2) is 35.6 Å². The highest BCUT2D eigenvalue weighted by molar-refractivity contribution is 5.85. The average molecular weight is 238 g/mol. The molecule has 1 rings (SSSR count). The molecule has 1 aliphatic rings. The summed E-state index contributed by atoms with van der Waals surface area (Å²) < 4.78 is 0. The van der Waals surface area contributed by atoms with Crippen LogP contribution < -0.4 is 16.8 Å². The lowest BCUT2D eigenvalue weighted by molar-refractivity contribution is -0.128. The van der Waals surface area contributed by atoms with Gasteiger partial charge in [-0.25, -0.2) is 0 Å². The van der Waals surface area contributed by atoms with Crippen LogP contribution in [0.4, 0.5) is 0 Å². The predicted molar refractivity (Wildman–Crippen MR) is 56.2 cm³/mol. The topological polar surface area (TPSA) is 118 Å². The Labute approximate surface area is 93.8 Å². The van der Waals surface area contributed by atoms with Gasteiger partial charge >= 0.3 is 0 Å². The van der Waals surface area contributed by atoms with E-state index in [2.05, 4.69) is 5.32 Å². The molecule has 88 valence electrons. The molecule has 0 bridgehead atoms. The van der Waals surface area contributed by atoms with E-state index in [1.165, 1.54) is 0 Å². The lowest BCUT2D eigenvalue weighted by atomic mass is 9.95. The third kappa shape index (κ3) is 3.65. The van der Waals surface area contributed by atoms with E-state index < -0.39 is 18.1 Å². The summed E-state index contributed by atoms with van der Waals surface area (Å²) in [5, 5.41) is 11.9. The third-order valence-electron chi connectivity index (χ3n) is 2.42. The van der Waals surface area contributed by atoms with E-state index in [9.17, 15) is 14.7 Å². The standard InChI is InChI=1S/C8H15N3O3.ClH/c9-5(6(12)7(10)13)3-4-1-2-11-8(4)14;/h4-6,12H,1-3,9H2,(H2,10,13)(H,11,14);1H/t4?,5-,6?;/m0./s1. The Balaban J connectivity index is 0.00000196. The number of halogens is 1. The fraction of sp³-hybridized carbons (Fsp3) is 0.750. The largest absolute Gasteiger partial charge is 0.382 e. The minimum absolute atomic E-state index is 0. The van der Waals surface area contributed by atoms with Crippen LogP contribution in [0, 0.1) is 5.92 Å². The van der Waals surface area contributed by atoms with E-state index in [-0.39, 0.29) is 30.7 Å². The smallest absolute Gasteiger partial charge is 0.247 e. The van der Waals surface area contributed by atoms with Gasteiger partial charge in [0.25, 0.3) is 0 Å². The quantitative estimate of drug-likeness (QED) is 0.457. The third-order valence-corrected chi connectivity index (χ3v) is 2.42. The number of carbonyl (C=O) groups excluding carboxylic acids is 2. The van der Waals surface area contributed by atoms with E-state index in [0.717, 1.165) is 0 Å². The highest BCUT2D eigenvalue weighted by Crippen LogP contribution is 2.16. The van der Waals surface area contributed by atoms with E-state index in [4.69, 9.17) is 11.5 Å². The second-order valence-corrected chi connectivity index (χ2v) is 3.52. The van der Waals surface area contributed by atoms with E-state index in [0.29, 0.717) is 13.0 Å². The summed E-state index contributed by atoms with van der Waals surface area (Å²) in [5.41, 5.74) is 10.4. The van der Waals surface area contributed by atoms with Gasteiger partial charge in [-0.2, -0.15) is 0 Å². The van der Waals surface area contributed by atoms with Crippen molar-refractivity contribution in [1.82, 2.24) is 5.32 Å². The van der Waals surface area contributed by atoms with Gasteiger partial charge in [0.15, 0.2) is 0 Å². The summed E-state index contributed by atoms with van der Waals surface area (Å²) in [6.07, 6.45) is -0.392. The molecule has 0 radical (unpaired) electrons. The molecule has 1 aliphatic heterocycles. The number of hydrogen-bond donors (Lipinski definition) is 4. The first kappa shape index (κ1) is 14.2. The van der Waals surface area contributed by atoms with Crippen molar-refractivity contribution in [1.29, 1.82) is 0 Å². The number of aliphatic hydroxyl groups excluding tert-OH is 1. The zero-order chi connectivity index (χ0) is 10.7. The van der Waals surface area contributed by atoms with Crippen LogP contribution >= 0.6 is 12.4 Å². The van der Waals surface area contributed by atoms with Crippen molar-refractivity contribution in [3.05, 3.63) is 0 Å². The highest BCUT2D eigenvalue weighted by Gasteiger charge is 2.30. The van der Waals surface area contributed by atoms with Gasteiger partial charge in [-0.15, -0.1) is 12.4 Å². The van der Waals surface area contributed by atoms with Crippen molar-refractivity contribution in [2.24, 2.45) is 17.4 Å². The molecule has 0 spiro atoms. The van der Waals surface area contributed by atoms with Gasteiger partial charge in [0.1, 0.15) is 6.10 Å². The molecule has 0 aromatic carbocycles. The van der Waals surface area contributed by atoms with Gasteiger partial charge in [0.2, 0.25) is 11.8 Å². The van der Waals surface area contributed by atoms with Crippen LogP contribution in [-0.2, 0) is 9.59 Å². The molecule has 6 nitrogen and oxygen atoms in total. The number of nitrogens with one attached hydrogen (secondary N) is 1. The Kier molecular flexibility index (Phi) is 5.56. The second kappa shape index (κ2) is 5.89. The maximum atomic E-state index is 11.1. The fourth-order valence-corrected chi connectivity index (χ4v) is 1.54. The lowest BCUT2D eigenvalue weighted by Crippen LogP contribution is -2.45. The molecule has 1 saturated heterocycles. The summed E-state index contributed by atoms with van der Waals surface area (Å²) in [6.45, 7) is 0.628. The summed E-state index contributed by atoms with van der Waals surface area (Å²) in [6, 6.07) is -0.763. The molecule has 2 unspecified atom stereocenters. The molecular formula is C8H16ClN3O3. The van der Waals surface area contributed by atoms with Gasteiger partial charge in [0, 0.05) is 18.5 Å². The highest BCUT2D eigenvalue weighted by atomic mass is 35.5. The minimum Gasteiger partial charge on any atom is -0.382 e. The molecule has 7 heteroatoms. The molecule has 6 N–H and O–H groups in total. The molecular weight excluding hydrogens is 222 g/mol. The van der Waals surface area contributed by atoms with Crippen molar-refractivity contribution in [3.63, 3.8) is 0 Å². The zero-order valence-electron chi connectivity index (χ0n) is 8.18. The number of hydrogen-bond acceptors (Lipinski definition) is 4. The Morgan fingerprint density at radius 2 is 2.27 bits per heavy atom. The summed E-state index contributed by atoms with van der Waals surface area (Å²) >= 11 is 0. The molecule has 0 aromatic heterocycles. The van der Waals surface area contributed by atoms with E-state index in [1.807, 2.05) is 0 Å². The van der Waals surface area contributed by atoms with Gasteiger partial charge in [-0.1, -0.05) is 0 Å². The van der Waals surface area contributed by atoms with Gasteiger partial charge in [-0.3, -0.25) is 9.59 Å². The molecule has 2 amide bonds. The van der Waals surface area contributed by atoms with Crippen LogP contribution in [0.2, 0.25) is 0 Å². The number of nitrogens with two attached hydrogens (primary N) is 2. The minimum atomic E-state index is -1.37. The monoisotopic (exact) mass is 237 g/mol. The number of amides is 2. The van der Waals surface area contributed by atoms with Crippen LogP contribution in [0.15, 0.2) is 0 Å². The fourth-order valence-electron chi connectivity index (χ4n) is 1.54. The zero-order valence-corrected chi connectivity index (χ0v) is 9.00. The summed E-state index contributed by atoms with van der Waals surface area (Å²) in [4.78, 5) is 21.7. The molecule has 0 aromatic rings. The molecule has 0 aliphatic carbocycles. The summed E-state index contributed by atoms with van der Waals surface area (Å²) in [7, 11) is 0. The maximum Gasteiger partial charge on any atom is 0.247 e. The first-order valence-corrected chi connectivity index (χ1v) is 4.53. The number of primary amides is 1. The van der Waals surface area contributed by atoms with Gasteiger partial charge < -0.3 is 21.9 Å². The van der Waals surface area contributed by atoms with E-state index in [1.54, 1.807) is 0 Å². The van der Waals surface area contributed by atoms with Gasteiger partial charge in [-0.05, 0) is 12.8 Å². The van der Waals surface area contributed by atoms with Crippen LogP contribution in [0.3, 0.4) is 0 Å². The molecule has 15 heavy (non-hydrogen) atoms. The number of aliphatic hydroxyl groups is 1. The van der Waals surface area contributed by atoms with Crippen molar-refractivity contribution in [2.45, 2.75) is 25.0 Å². The van der Waals surface area contributed by atoms with Crippen molar-refractivity contribution >= 4 is 24.2 Å². The number of carbonyl (C=O) groups is 2. The van der Waals surface area contributed by atoms with Crippen molar-refractivity contribution < 1.29 is 14.7 Å². The van der Waals surface area contributed by atoms with Crippen LogP contribution in [0.5, 0.6) is 0 Å². The second-order valence-electron chi connectivity index (χ2n) is 3.52. The predicted octanol–water partition coefficient (Wildman–Crippen LogP) is -1.89. The van der Waals surface area contributed by atoms with Crippen LogP contribution in [0.1, 0.15) is 12.8 Å². The Hall–Kier alpha value is -0.850. The Morgan fingerprint density at radius 1 is 1.67 bits per heavy atom. The Morgan fingerprint density at radius 3 is 2.67 bits per heavy atom. The normalized spacial score (nSPS) is 23.9. The first-order valence-electron chi connectivity index (χ1n) is 4.53. The van der Waals surface area contributed by atoms with Crippen LogP contribution in [0.25, 0.3) is 0 Å². The molecule has 1 fully saturated rings. The average Bonchev–Trinajstić information content (AvgIpc) is 2.50. The van der Waals surface area contributed by atoms with Gasteiger partial charge in [0.05, 0.1) is 0 Å². The molecule has 0 saturated carbocycles. The SMILES string of the molecule is Cl.NC(=O)C(O)[C@@H](N)CC1CCNC1=O. The summed E-state index contributed by atoms with van der Waals surface area (Å²) in [5.74, 6) is -1.13.